The number of nitrogens with one attached hydrogen (secondary N) is 1. The van der Waals surface area contributed by atoms with Crippen LogP contribution in [-0.2, 0) is 4.79 Å². The first-order chi connectivity index (χ1) is 12.6. The molecule has 2 aromatic rings. The van der Waals surface area contributed by atoms with E-state index in [2.05, 4.69) is 32.7 Å². The largest absolute Gasteiger partial charge is 0.297 e. The van der Waals surface area contributed by atoms with Crippen LogP contribution in [0.3, 0.4) is 0 Å². The number of carbonyl (C=O) groups excluding carboxylic acids is 1. The van der Waals surface area contributed by atoms with Gasteiger partial charge in [-0.25, -0.2) is 9.37 Å². The number of H-pyrrole nitrogens is 1. The van der Waals surface area contributed by atoms with E-state index in [9.17, 15) is 9.18 Å². The first-order valence-corrected chi connectivity index (χ1v) is 9.41. The highest BCUT2D eigenvalue weighted by atomic mass is 32.1. The van der Waals surface area contributed by atoms with Gasteiger partial charge in [-0.05, 0) is 37.0 Å². The molecule has 2 fully saturated rings. The minimum absolute atomic E-state index is 0.0648. The summed E-state index contributed by atoms with van der Waals surface area (Å²) in [6, 6.07) is 6.07. The van der Waals surface area contributed by atoms with Crippen LogP contribution in [0.2, 0.25) is 0 Å². The van der Waals surface area contributed by atoms with Gasteiger partial charge in [-0.15, -0.1) is 0 Å². The third-order valence-electron chi connectivity index (χ3n) is 5.07. The molecular weight excluding hydrogens is 351 g/mol. The van der Waals surface area contributed by atoms with Gasteiger partial charge in [0.15, 0.2) is 5.78 Å². The van der Waals surface area contributed by atoms with Crippen molar-refractivity contribution in [1.29, 1.82) is 0 Å². The molecule has 1 aromatic carbocycles. The molecule has 7 heteroatoms. The summed E-state index contributed by atoms with van der Waals surface area (Å²) in [7, 11) is 0. The second-order valence-corrected chi connectivity index (χ2v) is 7.59. The van der Waals surface area contributed by atoms with E-state index in [4.69, 9.17) is 0 Å². The number of ketones is 1. The minimum atomic E-state index is -0.539. The standard InChI is InChI=1S/C19H21FN4OS/c20-15-4-2-1-3-14(15)18(19(25)12-5-6-12)24-8-7-16(26)13(10-24)9-17-21-11-22-23-17/h1-4,9,11-12,16,18,26H,5-8,10H2,(H,21,22,23)/b13-9-. The first-order valence-electron chi connectivity index (χ1n) is 8.89. The Bertz CT molecular complexity index is 819. The fraction of sp³-hybridized carbons (Fsp3) is 0.421. The van der Waals surface area contributed by atoms with Crippen LogP contribution in [0, 0.1) is 11.7 Å². The van der Waals surface area contributed by atoms with E-state index in [0.717, 1.165) is 24.8 Å². The number of aromatic nitrogens is 3. The summed E-state index contributed by atoms with van der Waals surface area (Å²) in [5, 5.41) is 6.78. The molecule has 0 radical (unpaired) electrons. The lowest BCUT2D eigenvalue weighted by molar-refractivity contribution is -0.126. The summed E-state index contributed by atoms with van der Waals surface area (Å²) in [5.74, 6) is 0.541. The Kier molecular flexibility index (Phi) is 4.91. The third kappa shape index (κ3) is 3.59. The van der Waals surface area contributed by atoms with Crippen molar-refractivity contribution in [3.05, 3.63) is 53.4 Å². The maximum absolute atomic E-state index is 14.5. The van der Waals surface area contributed by atoms with E-state index >= 15 is 0 Å². The minimum Gasteiger partial charge on any atom is -0.297 e. The molecule has 0 amide bonds. The zero-order chi connectivity index (χ0) is 18.1. The molecule has 0 spiro atoms. The van der Waals surface area contributed by atoms with Crippen molar-refractivity contribution in [2.45, 2.75) is 30.6 Å². The maximum Gasteiger partial charge on any atom is 0.157 e. The smallest absolute Gasteiger partial charge is 0.157 e. The predicted octanol–water partition coefficient (Wildman–Crippen LogP) is 3.05. The van der Waals surface area contributed by atoms with Gasteiger partial charge in [0, 0.05) is 29.8 Å². The van der Waals surface area contributed by atoms with Crippen molar-refractivity contribution < 1.29 is 9.18 Å². The number of thiol groups is 1. The van der Waals surface area contributed by atoms with E-state index < -0.39 is 6.04 Å². The molecule has 1 aliphatic carbocycles. The zero-order valence-electron chi connectivity index (χ0n) is 14.3. The Morgan fingerprint density at radius 1 is 1.35 bits per heavy atom. The summed E-state index contributed by atoms with van der Waals surface area (Å²) in [5.41, 5.74) is 1.53. The molecule has 1 aliphatic heterocycles. The molecule has 26 heavy (non-hydrogen) atoms. The quantitative estimate of drug-likeness (QED) is 0.792. The molecule has 4 rings (SSSR count). The molecule has 1 aromatic heterocycles. The summed E-state index contributed by atoms with van der Waals surface area (Å²) >= 11 is 4.67. The van der Waals surface area contributed by atoms with Crippen molar-refractivity contribution >= 4 is 24.5 Å². The van der Waals surface area contributed by atoms with Gasteiger partial charge in [0.2, 0.25) is 0 Å². The number of rotatable bonds is 5. The van der Waals surface area contributed by atoms with Gasteiger partial charge in [0.25, 0.3) is 0 Å². The van der Waals surface area contributed by atoms with Crippen LogP contribution in [0.5, 0.6) is 0 Å². The Labute approximate surface area is 157 Å². The number of carbonyl (C=O) groups is 1. The second kappa shape index (κ2) is 7.32. The average molecular weight is 372 g/mol. The molecule has 1 N–H and O–H groups in total. The Morgan fingerprint density at radius 2 is 2.15 bits per heavy atom. The van der Waals surface area contributed by atoms with Gasteiger partial charge in [-0.2, -0.15) is 17.7 Å². The molecule has 0 bridgehead atoms. The van der Waals surface area contributed by atoms with E-state index in [1.807, 2.05) is 6.08 Å². The molecule has 1 saturated heterocycles. The van der Waals surface area contributed by atoms with Crippen LogP contribution in [0.25, 0.3) is 6.08 Å². The molecule has 2 atom stereocenters. The van der Waals surface area contributed by atoms with Crippen molar-refractivity contribution in [2.24, 2.45) is 5.92 Å². The Hall–Kier alpha value is -1.99. The first kappa shape index (κ1) is 17.4. The Morgan fingerprint density at radius 3 is 2.85 bits per heavy atom. The SMILES string of the molecule is O=C(C1CC1)C(c1ccccc1F)N1CCC(S)/C(=C\c2ncn[nH]2)C1. The normalized spacial score (nSPS) is 23.9. The topological polar surface area (TPSA) is 61.9 Å². The Balaban J connectivity index is 1.65. The number of Topliss-reactive ketones (excluding diaryl/α,β-unsaturated/α-hetero) is 1. The van der Waals surface area contributed by atoms with E-state index in [1.165, 1.54) is 12.4 Å². The number of piperidine rings is 1. The van der Waals surface area contributed by atoms with Gasteiger partial charge in [0.1, 0.15) is 18.0 Å². The molecule has 5 nitrogen and oxygen atoms in total. The lowest BCUT2D eigenvalue weighted by Crippen LogP contribution is -2.42. The zero-order valence-corrected chi connectivity index (χ0v) is 15.2. The summed E-state index contributed by atoms with van der Waals surface area (Å²) < 4.78 is 14.5. The monoisotopic (exact) mass is 372 g/mol. The highest BCUT2D eigenvalue weighted by Gasteiger charge is 2.40. The van der Waals surface area contributed by atoms with Crippen LogP contribution in [0.4, 0.5) is 4.39 Å². The van der Waals surface area contributed by atoms with Crippen molar-refractivity contribution in [1.82, 2.24) is 20.1 Å². The fourth-order valence-electron chi connectivity index (χ4n) is 3.53. The fourth-order valence-corrected chi connectivity index (χ4v) is 3.80. The van der Waals surface area contributed by atoms with Crippen molar-refractivity contribution in [2.75, 3.05) is 13.1 Å². The number of hydrogen-bond acceptors (Lipinski definition) is 5. The van der Waals surface area contributed by atoms with Crippen LogP contribution >= 0.6 is 12.6 Å². The molecule has 2 heterocycles. The van der Waals surface area contributed by atoms with Crippen LogP contribution in [0.1, 0.15) is 36.7 Å². The summed E-state index contributed by atoms with van der Waals surface area (Å²) in [6.07, 6.45) is 6.00. The van der Waals surface area contributed by atoms with Crippen LogP contribution < -0.4 is 0 Å². The predicted molar refractivity (Wildman–Crippen MR) is 100 cm³/mol. The van der Waals surface area contributed by atoms with Gasteiger partial charge in [-0.1, -0.05) is 18.2 Å². The van der Waals surface area contributed by atoms with Gasteiger partial charge in [-0.3, -0.25) is 14.8 Å². The van der Waals surface area contributed by atoms with Gasteiger partial charge < -0.3 is 0 Å². The van der Waals surface area contributed by atoms with E-state index in [0.29, 0.717) is 24.5 Å². The number of aromatic amines is 1. The molecular formula is C19H21FN4OS. The number of nitrogens with zero attached hydrogens (tertiary/aromatic N) is 3. The van der Waals surface area contributed by atoms with E-state index in [-0.39, 0.29) is 22.8 Å². The van der Waals surface area contributed by atoms with Crippen LogP contribution in [0.15, 0.2) is 36.2 Å². The molecule has 2 aliphatic rings. The maximum atomic E-state index is 14.5. The number of likely N-dealkylation sites (tertiary alicyclic amines) is 1. The molecule has 1 saturated carbocycles. The van der Waals surface area contributed by atoms with Gasteiger partial charge >= 0.3 is 0 Å². The lowest BCUT2D eigenvalue weighted by atomic mass is 9.93. The third-order valence-corrected chi connectivity index (χ3v) is 5.66. The second-order valence-electron chi connectivity index (χ2n) is 6.97. The van der Waals surface area contributed by atoms with Crippen molar-refractivity contribution in [3.63, 3.8) is 0 Å². The highest BCUT2D eigenvalue weighted by molar-refractivity contribution is 7.81. The lowest BCUT2D eigenvalue weighted by Gasteiger charge is -2.37. The van der Waals surface area contributed by atoms with Gasteiger partial charge in [0.05, 0.1) is 6.04 Å². The van der Waals surface area contributed by atoms with Crippen molar-refractivity contribution in [3.8, 4) is 0 Å². The highest BCUT2D eigenvalue weighted by Crippen LogP contribution is 2.39. The number of halogens is 1. The summed E-state index contributed by atoms with van der Waals surface area (Å²) in [6.45, 7) is 1.27. The number of hydrogen-bond donors (Lipinski definition) is 2. The summed E-state index contributed by atoms with van der Waals surface area (Å²) in [4.78, 5) is 19.2. The number of benzene rings is 1. The molecule has 2 unspecified atom stereocenters. The average Bonchev–Trinajstić information content (AvgIpc) is 3.37. The van der Waals surface area contributed by atoms with E-state index in [1.54, 1.807) is 18.2 Å². The van der Waals surface area contributed by atoms with Crippen LogP contribution in [-0.4, -0.2) is 44.2 Å². The molecule has 136 valence electrons.